The van der Waals surface area contributed by atoms with Gasteiger partial charge in [0.1, 0.15) is 0 Å². The van der Waals surface area contributed by atoms with Gasteiger partial charge in [-0.15, -0.1) is 0 Å². The summed E-state index contributed by atoms with van der Waals surface area (Å²) >= 11 is 0. The van der Waals surface area contributed by atoms with Crippen LogP contribution < -0.4 is 11.1 Å². The number of anilines is 1. The molecule has 0 aromatic heterocycles. The maximum atomic E-state index is 11.1. The first-order chi connectivity index (χ1) is 8.66. The van der Waals surface area contributed by atoms with E-state index in [0.717, 1.165) is 11.3 Å². The van der Waals surface area contributed by atoms with Crippen LogP contribution in [0.1, 0.15) is 54.4 Å². The average Bonchev–Trinajstić information content (AvgIpc) is 2.60. The predicted octanol–water partition coefficient (Wildman–Crippen LogP) is 3.23. The number of hydrogen-bond donors (Lipinski definition) is 2. The van der Waals surface area contributed by atoms with Crippen molar-refractivity contribution in [3.8, 4) is 0 Å². The second-order valence-electron chi connectivity index (χ2n) is 5.23. The molecule has 0 spiro atoms. The number of primary amides is 1. The molecule has 0 radical (unpaired) electrons. The molecule has 0 saturated heterocycles. The van der Waals surface area contributed by atoms with E-state index in [1.165, 1.54) is 38.5 Å². The Kier molecular flexibility index (Phi) is 4.24. The van der Waals surface area contributed by atoms with Gasteiger partial charge < -0.3 is 11.1 Å². The number of carbonyl (C=O) groups is 1. The minimum absolute atomic E-state index is 0.362. The number of benzene rings is 1. The summed E-state index contributed by atoms with van der Waals surface area (Å²) in [7, 11) is 0. The van der Waals surface area contributed by atoms with Crippen LogP contribution in [-0.4, -0.2) is 11.9 Å². The molecule has 1 amide bonds. The van der Waals surface area contributed by atoms with Gasteiger partial charge in [-0.05, 0) is 43.5 Å². The monoisotopic (exact) mass is 246 g/mol. The highest BCUT2D eigenvalue weighted by atomic mass is 16.1. The van der Waals surface area contributed by atoms with Gasteiger partial charge in [-0.25, -0.2) is 0 Å². The summed E-state index contributed by atoms with van der Waals surface area (Å²) in [4.78, 5) is 11.1. The lowest BCUT2D eigenvalue weighted by atomic mass is 10.1. The van der Waals surface area contributed by atoms with Crippen LogP contribution in [0.4, 0.5) is 5.69 Å². The normalized spacial score (nSPS) is 17.2. The van der Waals surface area contributed by atoms with Gasteiger partial charge in [-0.3, -0.25) is 4.79 Å². The Labute approximate surface area is 109 Å². The van der Waals surface area contributed by atoms with Gasteiger partial charge in [0.15, 0.2) is 0 Å². The first-order valence-corrected chi connectivity index (χ1v) is 6.84. The molecule has 0 atom stereocenters. The second kappa shape index (κ2) is 5.89. The number of carbonyl (C=O) groups excluding carboxylic acids is 1. The molecule has 3 N–H and O–H groups in total. The van der Waals surface area contributed by atoms with Crippen molar-refractivity contribution in [2.75, 3.05) is 5.32 Å². The molecular weight excluding hydrogens is 224 g/mol. The highest BCUT2D eigenvalue weighted by Gasteiger charge is 2.13. The lowest BCUT2D eigenvalue weighted by molar-refractivity contribution is 0.1000. The summed E-state index contributed by atoms with van der Waals surface area (Å²) in [6.45, 7) is 2.02. The average molecular weight is 246 g/mol. The predicted molar refractivity (Wildman–Crippen MR) is 74.8 cm³/mol. The van der Waals surface area contributed by atoms with Crippen molar-refractivity contribution in [2.24, 2.45) is 5.73 Å². The third kappa shape index (κ3) is 3.25. The van der Waals surface area contributed by atoms with E-state index >= 15 is 0 Å². The maximum Gasteiger partial charge on any atom is 0.248 e. The topological polar surface area (TPSA) is 55.1 Å². The van der Waals surface area contributed by atoms with Crippen molar-refractivity contribution in [1.29, 1.82) is 0 Å². The minimum atomic E-state index is -0.362. The minimum Gasteiger partial charge on any atom is -0.382 e. The van der Waals surface area contributed by atoms with Crippen LogP contribution in [0.5, 0.6) is 0 Å². The zero-order valence-electron chi connectivity index (χ0n) is 11.0. The number of amides is 1. The summed E-state index contributed by atoms with van der Waals surface area (Å²) in [5.74, 6) is -0.362. The third-order valence-corrected chi connectivity index (χ3v) is 3.73. The molecule has 18 heavy (non-hydrogen) atoms. The van der Waals surface area contributed by atoms with Crippen LogP contribution in [0.3, 0.4) is 0 Å². The van der Waals surface area contributed by atoms with E-state index in [0.29, 0.717) is 11.6 Å². The van der Waals surface area contributed by atoms with Crippen molar-refractivity contribution in [3.63, 3.8) is 0 Å². The van der Waals surface area contributed by atoms with Crippen LogP contribution in [0.15, 0.2) is 18.2 Å². The Morgan fingerprint density at radius 3 is 2.44 bits per heavy atom. The van der Waals surface area contributed by atoms with Crippen molar-refractivity contribution in [2.45, 2.75) is 51.5 Å². The molecule has 2 rings (SSSR count). The molecule has 0 heterocycles. The summed E-state index contributed by atoms with van der Waals surface area (Å²) in [5.41, 5.74) is 8.09. The fourth-order valence-corrected chi connectivity index (χ4v) is 2.62. The number of hydrogen-bond acceptors (Lipinski definition) is 2. The Hall–Kier alpha value is -1.51. The van der Waals surface area contributed by atoms with Crippen LogP contribution in [0.2, 0.25) is 0 Å². The number of rotatable bonds is 3. The van der Waals surface area contributed by atoms with E-state index in [2.05, 4.69) is 5.32 Å². The van der Waals surface area contributed by atoms with E-state index < -0.39 is 0 Å². The van der Waals surface area contributed by atoms with Crippen LogP contribution in [0.25, 0.3) is 0 Å². The van der Waals surface area contributed by atoms with E-state index in [1.807, 2.05) is 19.1 Å². The van der Waals surface area contributed by atoms with Gasteiger partial charge in [0.2, 0.25) is 5.91 Å². The molecule has 1 aromatic rings. The number of nitrogens with one attached hydrogen (secondary N) is 1. The first-order valence-electron chi connectivity index (χ1n) is 6.84. The molecule has 0 aliphatic heterocycles. The summed E-state index contributed by atoms with van der Waals surface area (Å²) in [5, 5.41) is 3.60. The third-order valence-electron chi connectivity index (χ3n) is 3.73. The Morgan fingerprint density at radius 1 is 1.22 bits per heavy atom. The summed E-state index contributed by atoms with van der Waals surface area (Å²) in [6.07, 6.45) is 7.84. The molecule has 1 saturated carbocycles. The Morgan fingerprint density at radius 2 is 1.89 bits per heavy atom. The molecular formula is C15H22N2O. The fraction of sp³-hybridized carbons (Fsp3) is 0.533. The van der Waals surface area contributed by atoms with Gasteiger partial charge in [0, 0.05) is 17.3 Å². The highest BCUT2D eigenvalue weighted by molar-refractivity contribution is 5.93. The molecule has 0 unspecified atom stereocenters. The lowest BCUT2D eigenvalue weighted by Gasteiger charge is -2.19. The van der Waals surface area contributed by atoms with E-state index in [1.54, 1.807) is 6.07 Å². The molecule has 1 aromatic carbocycles. The standard InChI is InChI=1S/C15H22N2O/c1-11-10-12(15(16)18)8-9-14(11)17-13-6-4-2-3-5-7-13/h8-10,13,17H,2-7H2,1H3,(H2,16,18). The van der Waals surface area contributed by atoms with Crippen molar-refractivity contribution < 1.29 is 4.79 Å². The Bertz CT molecular complexity index is 421. The van der Waals surface area contributed by atoms with Gasteiger partial charge in [0.25, 0.3) is 0 Å². The van der Waals surface area contributed by atoms with Gasteiger partial charge in [0.05, 0.1) is 0 Å². The molecule has 98 valence electrons. The zero-order valence-corrected chi connectivity index (χ0v) is 11.0. The van der Waals surface area contributed by atoms with Crippen LogP contribution in [0, 0.1) is 6.92 Å². The lowest BCUT2D eigenvalue weighted by Crippen LogP contribution is -2.19. The molecule has 0 bridgehead atoms. The highest BCUT2D eigenvalue weighted by Crippen LogP contribution is 2.23. The van der Waals surface area contributed by atoms with E-state index in [4.69, 9.17) is 5.73 Å². The van der Waals surface area contributed by atoms with Gasteiger partial charge in [-0.2, -0.15) is 0 Å². The van der Waals surface area contributed by atoms with E-state index in [9.17, 15) is 4.79 Å². The van der Waals surface area contributed by atoms with Gasteiger partial charge >= 0.3 is 0 Å². The molecule has 3 heteroatoms. The largest absolute Gasteiger partial charge is 0.382 e. The van der Waals surface area contributed by atoms with Crippen LogP contribution in [-0.2, 0) is 0 Å². The molecule has 1 fully saturated rings. The summed E-state index contributed by atoms with van der Waals surface area (Å²) in [6, 6.07) is 6.21. The second-order valence-corrected chi connectivity index (χ2v) is 5.23. The molecule has 1 aliphatic rings. The zero-order chi connectivity index (χ0) is 13.0. The quantitative estimate of drug-likeness (QED) is 0.804. The first kappa shape index (κ1) is 12.9. The van der Waals surface area contributed by atoms with Crippen LogP contribution >= 0.6 is 0 Å². The van der Waals surface area contributed by atoms with Crippen molar-refractivity contribution >= 4 is 11.6 Å². The van der Waals surface area contributed by atoms with Crippen molar-refractivity contribution in [1.82, 2.24) is 0 Å². The summed E-state index contributed by atoms with van der Waals surface area (Å²) < 4.78 is 0. The van der Waals surface area contributed by atoms with Gasteiger partial charge in [-0.1, -0.05) is 25.7 Å². The number of nitrogens with two attached hydrogens (primary N) is 1. The molecule has 1 aliphatic carbocycles. The van der Waals surface area contributed by atoms with E-state index in [-0.39, 0.29) is 5.91 Å². The van der Waals surface area contributed by atoms with Crippen molar-refractivity contribution in [3.05, 3.63) is 29.3 Å². The Balaban J connectivity index is 2.06. The fourth-order valence-electron chi connectivity index (χ4n) is 2.62. The smallest absolute Gasteiger partial charge is 0.248 e. The maximum absolute atomic E-state index is 11.1. The number of aryl methyl sites for hydroxylation is 1. The molecule has 3 nitrogen and oxygen atoms in total. The SMILES string of the molecule is Cc1cc(C(N)=O)ccc1NC1CCCCCC1.